The van der Waals surface area contributed by atoms with Gasteiger partial charge in [0.25, 0.3) is 5.91 Å². The Morgan fingerprint density at radius 2 is 2.25 bits per heavy atom. The largest absolute Gasteiger partial charge is 0.366 e. The summed E-state index contributed by atoms with van der Waals surface area (Å²) in [6.07, 6.45) is 4.34. The number of primary amides is 1. The molecule has 2 aromatic heterocycles. The standard InChI is InChI=1S/C16H19N3O/c1-4-10-19-11(3)14(16(17)20)15(13(19)5-2)12-8-6-7-9-18-12/h4,6-9H,1,5,10H2,2-3H3,(H2,17,20). The third kappa shape index (κ3) is 2.25. The third-order valence-corrected chi connectivity index (χ3v) is 3.45. The maximum atomic E-state index is 11.9. The molecule has 4 nitrogen and oxygen atoms in total. The van der Waals surface area contributed by atoms with E-state index in [1.807, 2.05) is 31.2 Å². The summed E-state index contributed by atoms with van der Waals surface area (Å²) in [4.78, 5) is 16.2. The number of carbonyl (C=O) groups is 1. The van der Waals surface area contributed by atoms with Gasteiger partial charge >= 0.3 is 0 Å². The van der Waals surface area contributed by atoms with E-state index in [0.29, 0.717) is 12.1 Å². The first-order chi connectivity index (χ1) is 9.61. The van der Waals surface area contributed by atoms with Crippen LogP contribution in [0.1, 0.15) is 28.7 Å². The Kier molecular flexibility index (Phi) is 4.03. The van der Waals surface area contributed by atoms with E-state index in [0.717, 1.165) is 29.1 Å². The van der Waals surface area contributed by atoms with E-state index < -0.39 is 5.91 Å². The minimum absolute atomic E-state index is 0.416. The lowest BCUT2D eigenvalue weighted by atomic mass is 10.0. The summed E-state index contributed by atoms with van der Waals surface area (Å²) in [7, 11) is 0. The van der Waals surface area contributed by atoms with Gasteiger partial charge in [0.05, 0.1) is 11.3 Å². The van der Waals surface area contributed by atoms with Crippen molar-refractivity contribution in [1.82, 2.24) is 9.55 Å². The van der Waals surface area contributed by atoms with E-state index in [4.69, 9.17) is 5.73 Å². The van der Waals surface area contributed by atoms with Gasteiger partial charge in [-0.3, -0.25) is 9.78 Å². The Labute approximate surface area is 118 Å². The van der Waals surface area contributed by atoms with Crippen molar-refractivity contribution in [1.29, 1.82) is 0 Å². The van der Waals surface area contributed by atoms with Crippen LogP contribution >= 0.6 is 0 Å². The normalized spacial score (nSPS) is 10.5. The van der Waals surface area contributed by atoms with Gasteiger partial charge in [-0.1, -0.05) is 19.1 Å². The van der Waals surface area contributed by atoms with Crippen molar-refractivity contribution in [2.75, 3.05) is 0 Å². The Morgan fingerprint density at radius 1 is 1.50 bits per heavy atom. The number of pyridine rings is 1. The van der Waals surface area contributed by atoms with Crippen molar-refractivity contribution in [3.05, 3.63) is 54.0 Å². The molecule has 0 aliphatic heterocycles. The quantitative estimate of drug-likeness (QED) is 0.848. The van der Waals surface area contributed by atoms with Gasteiger partial charge in [-0.15, -0.1) is 6.58 Å². The fraction of sp³-hybridized carbons (Fsp3) is 0.250. The maximum Gasteiger partial charge on any atom is 0.251 e. The molecule has 0 radical (unpaired) electrons. The lowest BCUT2D eigenvalue weighted by molar-refractivity contribution is 0.1000. The number of amides is 1. The van der Waals surface area contributed by atoms with Crippen LogP contribution in [0.25, 0.3) is 11.3 Å². The highest BCUT2D eigenvalue weighted by Gasteiger charge is 2.23. The summed E-state index contributed by atoms with van der Waals surface area (Å²) in [5.41, 5.74) is 9.70. The molecule has 0 spiro atoms. The molecule has 0 fully saturated rings. The van der Waals surface area contributed by atoms with Crippen LogP contribution in [-0.2, 0) is 13.0 Å². The van der Waals surface area contributed by atoms with Gasteiger partial charge < -0.3 is 10.3 Å². The zero-order valence-electron chi connectivity index (χ0n) is 11.9. The van der Waals surface area contributed by atoms with Crippen LogP contribution in [0.5, 0.6) is 0 Å². The van der Waals surface area contributed by atoms with Crippen molar-refractivity contribution in [2.24, 2.45) is 5.73 Å². The first-order valence-electron chi connectivity index (χ1n) is 6.65. The topological polar surface area (TPSA) is 60.9 Å². The molecule has 4 heteroatoms. The average molecular weight is 269 g/mol. The molecule has 0 saturated heterocycles. The fourth-order valence-electron chi connectivity index (χ4n) is 2.63. The van der Waals surface area contributed by atoms with Crippen LogP contribution in [0.15, 0.2) is 37.1 Å². The molecule has 2 heterocycles. The van der Waals surface area contributed by atoms with Crippen LogP contribution in [0.3, 0.4) is 0 Å². The van der Waals surface area contributed by atoms with E-state index in [1.54, 1.807) is 6.20 Å². The molecular formula is C16H19N3O. The summed E-state index contributed by atoms with van der Waals surface area (Å²) < 4.78 is 2.08. The van der Waals surface area contributed by atoms with Crippen LogP contribution in [-0.4, -0.2) is 15.5 Å². The summed E-state index contributed by atoms with van der Waals surface area (Å²) in [5, 5.41) is 0. The number of hydrogen-bond donors (Lipinski definition) is 1. The predicted octanol–water partition coefficient (Wildman–Crippen LogP) is 2.71. The second-order valence-corrected chi connectivity index (χ2v) is 4.61. The molecule has 0 saturated carbocycles. The van der Waals surface area contributed by atoms with E-state index in [1.165, 1.54) is 0 Å². The van der Waals surface area contributed by atoms with Crippen LogP contribution in [0, 0.1) is 6.92 Å². The minimum atomic E-state index is -0.416. The number of nitrogens with zero attached hydrogens (tertiary/aromatic N) is 2. The number of rotatable bonds is 5. The van der Waals surface area contributed by atoms with E-state index in [-0.39, 0.29) is 0 Å². The van der Waals surface area contributed by atoms with Gasteiger partial charge in [0, 0.05) is 29.7 Å². The Balaban J connectivity index is 2.80. The summed E-state index contributed by atoms with van der Waals surface area (Å²) >= 11 is 0. The van der Waals surface area contributed by atoms with Gasteiger partial charge in [0.2, 0.25) is 0 Å². The Hall–Kier alpha value is -2.36. The molecule has 0 atom stereocenters. The monoisotopic (exact) mass is 269 g/mol. The highest BCUT2D eigenvalue weighted by atomic mass is 16.1. The number of aromatic nitrogens is 2. The van der Waals surface area contributed by atoms with Crippen LogP contribution in [0.4, 0.5) is 0 Å². The number of hydrogen-bond acceptors (Lipinski definition) is 2. The molecule has 2 rings (SSSR count). The zero-order chi connectivity index (χ0) is 14.7. The number of nitrogens with two attached hydrogens (primary N) is 1. The molecule has 0 bridgehead atoms. The van der Waals surface area contributed by atoms with Crippen molar-refractivity contribution in [3.8, 4) is 11.3 Å². The zero-order valence-corrected chi connectivity index (χ0v) is 11.9. The molecule has 0 aliphatic carbocycles. The predicted molar refractivity (Wildman–Crippen MR) is 80.5 cm³/mol. The first kappa shape index (κ1) is 14.1. The highest BCUT2D eigenvalue weighted by molar-refractivity contribution is 6.01. The highest BCUT2D eigenvalue weighted by Crippen LogP contribution is 2.31. The molecule has 0 aliphatic rings. The van der Waals surface area contributed by atoms with E-state index in [2.05, 4.69) is 23.1 Å². The summed E-state index contributed by atoms with van der Waals surface area (Å²) in [5.74, 6) is -0.416. The second kappa shape index (κ2) is 5.74. The van der Waals surface area contributed by atoms with Crippen molar-refractivity contribution < 1.29 is 4.79 Å². The van der Waals surface area contributed by atoms with Crippen LogP contribution < -0.4 is 5.73 Å². The minimum Gasteiger partial charge on any atom is -0.366 e. The molecule has 20 heavy (non-hydrogen) atoms. The molecular weight excluding hydrogens is 250 g/mol. The maximum absolute atomic E-state index is 11.9. The Bertz CT molecular complexity index is 641. The van der Waals surface area contributed by atoms with E-state index in [9.17, 15) is 4.79 Å². The van der Waals surface area contributed by atoms with Crippen molar-refractivity contribution in [2.45, 2.75) is 26.8 Å². The molecule has 2 N–H and O–H groups in total. The number of allylic oxidation sites excluding steroid dienone is 1. The molecule has 0 aromatic carbocycles. The molecule has 104 valence electrons. The van der Waals surface area contributed by atoms with E-state index >= 15 is 0 Å². The molecule has 1 amide bonds. The van der Waals surface area contributed by atoms with Crippen molar-refractivity contribution >= 4 is 5.91 Å². The van der Waals surface area contributed by atoms with Gasteiger partial charge in [-0.2, -0.15) is 0 Å². The molecule has 2 aromatic rings. The fourth-order valence-corrected chi connectivity index (χ4v) is 2.63. The van der Waals surface area contributed by atoms with Gasteiger partial charge in [-0.05, 0) is 25.5 Å². The number of carbonyl (C=O) groups excluding carboxylic acids is 1. The lowest BCUT2D eigenvalue weighted by Crippen LogP contribution is -2.13. The molecule has 0 unspecified atom stereocenters. The second-order valence-electron chi connectivity index (χ2n) is 4.61. The summed E-state index contributed by atoms with van der Waals surface area (Å²) in [6.45, 7) is 8.40. The SMILES string of the molecule is C=CCn1c(C)c(C(N)=O)c(-c2ccccn2)c1CC. The van der Waals surface area contributed by atoms with Gasteiger partial charge in [0.1, 0.15) is 0 Å². The Morgan fingerprint density at radius 3 is 2.75 bits per heavy atom. The van der Waals surface area contributed by atoms with Crippen molar-refractivity contribution in [3.63, 3.8) is 0 Å². The van der Waals surface area contributed by atoms with Crippen LogP contribution in [0.2, 0.25) is 0 Å². The average Bonchev–Trinajstić information content (AvgIpc) is 2.73. The smallest absolute Gasteiger partial charge is 0.251 e. The van der Waals surface area contributed by atoms with Gasteiger partial charge in [0.15, 0.2) is 0 Å². The third-order valence-electron chi connectivity index (χ3n) is 3.45. The summed E-state index contributed by atoms with van der Waals surface area (Å²) in [6, 6.07) is 5.66. The van der Waals surface area contributed by atoms with Gasteiger partial charge in [-0.25, -0.2) is 0 Å². The lowest BCUT2D eigenvalue weighted by Gasteiger charge is -2.08. The first-order valence-corrected chi connectivity index (χ1v) is 6.65.